The van der Waals surface area contributed by atoms with Crippen LogP contribution in [0, 0.1) is 0 Å². The molecule has 0 saturated heterocycles. The Morgan fingerprint density at radius 3 is 2.40 bits per heavy atom. The lowest BCUT2D eigenvalue weighted by Crippen LogP contribution is -2.44. The van der Waals surface area contributed by atoms with Crippen LogP contribution < -0.4 is 10.1 Å². The minimum absolute atomic E-state index is 0.743. The number of methoxy groups -OCH3 is 1. The molecule has 1 aromatic carbocycles. The third-order valence-electron chi connectivity index (χ3n) is 4.91. The smallest absolute Gasteiger partial charge is 0.118 e. The Hall–Kier alpha value is -0.670. The molecule has 0 aliphatic heterocycles. The molecule has 2 nitrogen and oxygen atoms in total. The Kier molecular flexibility index (Phi) is 4.57. The van der Waals surface area contributed by atoms with Gasteiger partial charge in [-0.2, -0.15) is 11.8 Å². The third kappa shape index (κ3) is 3.15. The first-order valence-corrected chi connectivity index (χ1v) is 9.00. The molecule has 1 N–H and O–H groups in total. The van der Waals surface area contributed by atoms with Crippen LogP contribution in [0.15, 0.2) is 24.3 Å². The molecule has 20 heavy (non-hydrogen) atoms. The Balaban J connectivity index is 1.44. The number of ether oxygens (including phenoxy) is 1. The van der Waals surface area contributed by atoms with E-state index in [0.29, 0.717) is 0 Å². The van der Waals surface area contributed by atoms with Crippen molar-refractivity contribution in [3.63, 3.8) is 0 Å². The number of nitrogens with one attached hydrogen (secondary N) is 1. The van der Waals surface area contributed by atoms with E-state index < -0.39 is 0 Å². The van der Waals surface area contributed by atoms with Crippen LogP contribution in [0.3, 0.4) is 0 Å². The molecular weight excluding hydrogens is 266 g/mol. The van der Waals surface area contributed by atoms with Gasteiger partial charge in [-0.3, -0.25) is 0 Å². The van der Waals surface area contributed by atoms with Gasteiger partial charge in [-0.05, 0) is 62.0 Å². The molecule has 0 amide bonds. The molecule has 2 aliphatic carbocycles. The third-order valence-corrected chi connectivity index (χ3v) is 6.01. The second-order valence-corrected chi connectivity index (χ2v) is 7.31. The van der Waals surface area contributed by atoms with E-state index in [1.54, 1.807) is 7.11 Å². The Morgan fingerprint density at radius 1 is 1.05 bits per heavy atom. The number of thioether (sulfide) groups is 1. The van der Waals surface area contributed by atoms with E-state index in [-0.39, 0.29) is 0 Å². The van der Waals surface area contributed by atoms with E-state index in [0.717, 1.165) is 29.0 Å². The van der Waals surface area contributed by atoms with Gasteiger partial charge in [0.05, 0.1) is 7.11 Å². The zero-order chi connectivity index (χ0) is 13.9. The van der Waals surface area contributed by atoms with Crippen molar-refractivity contribution in [2.45, 2.75) is 55.4 Å². The molecular formula is C17H25NOS. The van der Waals surface area contributed by atoms with E-state index in [1.807, 2.05) is 11.8 Å². The number of hydrogen-bond donors (Lipinski definition) is 1. The fourth-order valence-electron chi connectivity index (χ4n) is 3.54. The minimum atomic E-state index is 0.743. The van der Waals surface area contributed by atoms with Gasteiger partial charge in [-0.1, -0.05) is 12.1 Å². The summed E-state index contributed by atoms with van der Waals surface area (Å²) < 4.78 is 5.22. The standard InChI is InChI=1S/C17H25NOS/c1-19-16-6-3-12(4-7-16)13-9-15(10-13)18-14-5-8-17(11-14)20-2/h3-4,6-7,13-15,17-18H,5,8-11H2,1-2H3. The first-order valence-electron chi connectivity index (χ1n) is 7.71. The first-order chi connectivity index (χ1) is 9.78. The highest BCUT2D eigenvalue weighted by atomic mass is 32.2. The van der Waals surface area contributed by atoms with Crippen LogP contribution in [-0.4, -0.2) is 30.7 Å². The highest BCUT2D eigenvalue weighted by Crippen LogP contribution is 2.39. The molecule has 110 valence electrons. The fraction of sp³-hybridized carbons (Fsp3) is 0.647. The predicted octanol–water partition coefficient (Wildman–Crippen LogP) is 3.81. The van der Waals surface area contributed by atoms with Crippen molar-refractivity contribution in [2.24, 2.45) is 0 Å². The maximum Gasteiger partial charge on any atom is 0.118 e. The molecule has 0 bridgehead atoms. The zero-order valence-corrected chi connectivity index (χ0v) is 13.3. The summed E-state index contributed by atoms with van der Waals surface area (Å²) in [6.45, 7) is 0. The lowest BCUT2D eigenvalue weighted by atomic mass is 9.75. The average molecular weight is 291 g/mol. The van der Waals surface area contributed by atoms with Crippen molar-refractivity contribution in [1.29, 1.82) is 0 Å². The summed E-state index contributed by atoms with van der Waals surface area (Å²) in [7, 11) is 1.72. The van der Waals surface area contributed by atoms with Gasteiger partial charge in [0.2, 0.25) is 0 Å². The van der Waals surface area contributed by atoms with Crippen molar-refractivity contribution < 1.29 is 4.74 Å². The van der Waals surface area contributed by atoms with Crippen molar-refractivity contribution in [2.75, 3.05) is 13.4 Å². The van der Waals surface area contributed by atoms with Crippen LogP contribution >= 0.6 is 11.8 Å². The van der Waals surface area contributed by atoms with Crippen molar-refractivity contribution in [3.05, 3.63) is 29.8 Å². The van der Waals surface area contributed by atoms with Crippen molar-refractivity contribution in [1.82, 2.24) is 5.32 Å². The summed E-state index contributed by atoms with van der Waals surface area (Å²) in [5, 5.41) is 4.76. The van der Waals surface area contributed by atoms with E-state index in [2.05, 4.69) is 35.8 Å². The summed E-state index contributed by atoms with van der Waals surface area (Å²) in [6, 6.07) is 10.1. The summed E-state index contributed by atoms with van der Waals surface area (Å²) >= 11 is 2.04. The van der Waals surface area contributed by atoms with Crippen LogP contribution in [0.2, 0.25) is 0 Å². The van der Waals surface area contributed by atoms with E-state index in [9.17, 15) is 0 Å². The molecule has 3 rings (SSSR count). The predicted molar refractivity (Wildman–Crippen MR) is 86.8 cm³/mol. The largest absolute Gasteiger partial charge is 0.497 e. The lowest BCUT2D eigenvalue weighted by molar-refractivity contribution is 0.265. The zero-order valence-electron chi connectivity index (χ0n) is 12.5. The second kappa shape index (κ2) is 6.40. The van der Waals surface area contributed by atoms with Gasteiger partial charge >= 0.3 is 0 Å². The molecule has 2 atom stereocenters. The summed E-state index contributed by atoms with van der Waals surface area (Å²) in [4.78, 5) is 0. The van der Waals surface area contributed by atoms with E-state index in [1.165, 1.54) is 37.7 Å². The van der Waals surface area contributed by atoms with Gasteiger partial charge < -0.3 is 10.1 Å². The molecule has 2 fully saturated rings. The van der Waals surface area contributed by atoms with Crippen LogP contribution in [0.1, 0.15) is 43.6 Å². The van der Waals surface area contributed by atoms with Crippen LogP contribution in [0.5, 0.6) is 5.75 Å². The van der Waals surface area contributed by atoms with Gasteiger partial charge in [-0.15, -0.1) is 0 Å². The van der Waals surface area contributed by atoms with Gasteiger partial charge in [0.25, 0.3) is 0 Å². The van der Waals surface area contributed by atoms with E-state index in [4.69, 9.17) is 4.74 Å². The normalized spacial score (nSPS) is 32.9. The topological polar surface area (TPSA) is 21.3 Å². The monoisotopic (exact) mass is 291 g/mol. The fourth-order valence-corrected chi connectivity index (χ4v) is 4.34. The molecule has 2 saturated carbocycles. The van der Waals surface area contributed by atoms with Crippen LogP contribution in [0.25, 0.3) is 0 Å². The molecule has 0 heterocycles. The highest BCUT2D eigenvalue weighted by Gasteiger charge is 2.33. The van der Waals surface area contributed by atoms with Crippen molar-refractivity contribution >= 4 is 11.8 Å². The molecule has 0 radical (unpaired) electrons. The average Bonchev–Trinajstić information content (AvgIpc) is 2.90. The molecule has 2 aliphatic rings. The summed E-state index contributed by atoms with van der Waals surface area (Å²) in [5.74, 6) is 1.70. The number of hydrogen-bond acceptors (Lipinski definition) is 3. The Morgan fingerprint density at radius 2 is 1.80 bits per heavy atom. The number of benzene rings is 1. The van der Waals surface area contributed by atoms with Crippen LogP contribution in [0.4, 0.5) is 0 Å². The number of rotatable bonds is 5. The quantitative estimate of drug-likeness (QED) is 0.891. The molecule has 3 heteroatoms. The van der Waals surface area contributed by atoms with Gasteiger partial charge in [-0.25, -0.2) is 0 Å². The summed E-state index contributed by atoms with van der Waals surface area (Å²) in [5.41, 5.74) is 1.47. The lowest BCUT2D eigenvalue weighted by Gasteiger charge is -2.38. The van der Waals surface area contributed by atoms with Crippen LogP contribution in [-0.2, 0) is 0 Å². The second-order valence-electron chi connectivity index (χ2n) is 6.17. The van der Waals surface area contributed by atoms with Gasteiger partial charge in [0.15, 0.2) is 0 Å². The minimum Gasteiger partial charge on any atom is -0.497 e. The Labute approximate surface area is 126 Å². The highest BCUT2D eigenvalue weighted by molar-refractivity contribution is 7.99. The Bertz CT molecular complexity index is 427. The van der Waals surface area contributed by atoms with Gasteiger partial charge in [0.1, 0.15) is 5.75 Å². The first kappa shape index (κ1) is 14.3. The maximum absolute atomic E-state index is 5.22. The maximum atomic E-state index is 5.22. The summed E-state index contributed by atoms with van der Waals surface area (Å²) in [6.07, 6.45) is 8.98. The molecule has 0 spiro atoms. The molecule has 0 aromatic heterocycles. The van der Waals surface area contributed by atoms with Crippen molar-refractivity contribution in [3.8, 4) is 5.75 Å². The molecule has 2 unspecified atom stereocenters. The van der Waals surface area contributed by atoms with Gasteiger partial charge in [0, 0.05) is 17.3 Å². The molecule has 1 aromatic rings. The van der Waals surface area contributed by atoms with E-state index >= 15 is 0 Å². The SMILES string of the molecule is COc1ccc(C2CC(NC3CCC(SC)C3)C2)cc1.